The molecule has 0 spiro atoms. The Morgan fingerprint density at radius 3 is 0.690 bits per heavy atom. The number of benzene rings is 4. The average molecular weight is 979 g/mol. The number of likely N-dealkylation sites (tertiary alicyclic amines) is 2. The van der Waals surface area contributed by atoms with Crippen LogP contribution in [0.5, 0.6) is 69.0 Å². The maximum Gasteiger partial charge on any atom is 0.232 e. The number of amides is 2. The minimum absolute atomic E-state index is 0.148. The third-order valence-electron chi connectivity index (χ3n) is 11.7. The van der Waals surface area contributed by atoms with E-state index in [-0.39, 0.29) is 60.0 Å². The standard InChI is InChI=1S/C53H58N2O16/c1-60-38-17-30(18-39(61-2)50(38)68-9)13-34-26-54(27-35(48(34)58)14-31-19-40(62-3)51(69-10)41(20-31)63-4)46(56)25-47(57)55-28-36(15-32-21-42(64-5)52(70-11)43(22-32)65-6)49(59)37(29-55)16-33-23-44(66-7)53(71-12)45(24-33)67-8/h13-24H,25-29H2,1-12H3/b34-13-,35-14+,36-15+,37-16+. The SMILES string of the molecule is COc1cc(/C=C2/CN(C(=O)CC(=O)N3C/C(=C\c4cc(OC)c(OC)c(OC)c4)C(=O)/C(=C/c4cc(OC)c(OC)c(OC)c4)C3)C/C(=C\c3cc(OC)c(OC)c(OC)c3)C2=O)cc(OC)c1OC. The number of carbonyl (C=O) groups is 4. The molecule has 0 radical (unpaired) electrons. The van der Waals surface area contributed by atoms with Crippen molar-refractivity contribution >= 4 is 47.7 Å². The van der Waals surface area contributed by atoms with Gasteiger partial charge in [-0.1, -0.05) is 0 Å². The molecule has 4 aromatic carbocycles. The molecule has 0 saturated carbocycles. The highest BCUT2D eigenvalue weighted by Crippen LogP contribution is 2.43. The zero-order valence-corrected chi connectivity index (χ0v) is 41.9. The van der Waals surface area contributed by atoms with Crippen molar-refractivity contribution in [2.24, 2.45) is 0 Å². The van der Waals surface area contributed by atoms with Crippen molar-refractivity contribution in [3.8, 4) is 69.0 Å². The van der Waals surface area contributed by atoms with Crippen LogP contribution in [-0.2, 0) is 19.2 Å². The molecule has 2 aliphatic rings. The molecule has 6 rings (SSSR count). The van der Waals surface area contributed by atoms with Crippen LogP contribution < -0.4 is 56.8 Å². The van der Waals surface area contributed by atoms with E-state index in [2.05, 4.69) is 0 Å². The quantitative estimate of drug-likeness (QED) is 0.0763. The van der Waals surface area contributed by atoms with Crippen molar-refractivity contribution in [3.63, 3.8) is 0 Å². The van der Waals surface area contributed by atoms with E-state index in [1.807, 2.05) is 0 Å². The van der Waals surface area contributed by atoms with Crippen molar-refractivity contribution < 1.29 is 76.0 Å². The lowest BCUT2D eigenvalue weighted by molar-refractivity contribution is -0.140. The Hall–Kier alpha value is -8.28. The van der Waals surface area contributed by atoms with Crippen molar-refractivity contribution in [2.75, 3.05) is 111 Å². The molecule has 2 amide bonds. The van der Waals surface area contributed by atoms with Crippen LogP contribution in [-0.4, -0.2) is 145 Å². The highest BCUT2D eigenvalue weighted by molar-refractivity contribution is 6.17. The number of hydrogen-bond donors (Lipinski definition) is 0. The van der Waals surface area contributed by atoms with Crippen LogP contribution in [0, 0.1) is 0 Å². The number of Topliss-reactive ketones (excluding diaryl/α,β-unsaturated/α-hetero) is 2. The second-order valence-corrected chi connectivity index (χ2v) is 15.8. The number of ketones is 2. The van der Waals surface area contributed by atoms with Crippen LogP contribution in [0.25, 0.3) is 24.3 Å². The third-order valence-corrected chi connectivity index (χ3v) is 11.7. The summed E-state index contributed by atoms with van der Waals surface area (Å²) in [6.45, 7) is -0.590. The van der Waals surface area contributed by atoms with Crippen LogP contribution >= 0.6 is 0 Å². The Labute approximate surface area is 412 Å². The highest BCUT2D eigenvalue weighted by Gasteiger charge is 2.34. The molecule has 0 aliphatic carbocycles. The lowest BCUT2D eigenvalue weighted by Crippen LogP contribution is -2.46. The van der Waals surface area contributed by atoms with Crippen molar-refractivity contribution in [1.29, 1.82) is 0 Å². The topological polar surface area (TPSA) is 186 Å². The summed E-state index contributed by atoms with van der Waals surface area (Å²) in [4.78, 5) is 60.9. The zero-order chi connectivity index (χ0) is 51.5. The average Bonchev–Trinajstić information content (AvgIpc) is 3.39. The Kier molecular flexibility index (Phi) is 17.1. The van der Waals surface area contributed by atoms with Crippen LogP contribution in [0.4, 0.5) is 0 Å². The number of carbonyl (C=O) groups excluding carboxylic acids is 4. The lowest BCUT2D eigenvalue weighted by Gasteiger charge is -2.33. The summed E-state index contributed by atoms with van der Waals surface area (Å²) in [6.07, 6.45) is 5.93. The number of piperidine rings is 2. The van der Waals surface area contributed by atoms with Gasteiger partial charge in [0, 0.05) is 48.5 Å². The maximum absolute atomic E-state index is 14.6. The molecule has 0 N–H and O–H groups in total. The Balaban J connectivity index is 1.41. The van der Waals surface area contributed by atoms with E-state index in [1.54, 1.807) is 72.8 Å². The molecular weight excluding hydrogens is 921 g/mol. The van der Waals surface area contributed by atoms with Crippen molar-refractivity contribution in [1.82, 2.24) is 9.80 Å². The molecule has 2 heterocycles. The Bertz CT molecular complexity index is 2360. The third kappa shape index (κ3) is 11.3. The van der Waals surface area contributed by atoms with Gasteiger partial charge in [0.1, 0.15) is 6.42 Å². The van der Waals surface area contributed by atoms with E-state index in [0.29, 0.717) is 91.2 Å². The van der Waals surface area contributed by atoms with Gasteiger partial charge >= 0.3 is 0 Å². The van der Waals surface area contributed by atoms with Crippen molar-refractivity contribution in [2.45, 2.75) is 6.42 Å². The Morgan fingerprint density at radius 2 is 0.535 bits per heavy atom. The van der Waals surface area contributed by atoms with E-state index in [4.69, 9.17) is 56.8 Å². The normalized spacial score (nSPS) is 15.9. The summed E-state index contributed by atoms with van der Waals surface area (Å²) in [5, 5.41) is 0. The smallest absolute Gasteiger partial charge is 0.232 e. The number of hydrogen-bond acceptors (Lipinski definition) is 16. The maximum atomic E-state index is 14.6. The second kappa shape index (κ2) is 23.3. The van der Waals surface area contributed by atoms with Gasteiger partial charge in [-0.25, -0.2) is 0 Å². The first-order valence-corrected chi connectivity index (χ1v) is 21.9. The van der Waals surface area contributed by atoms with Crippen molar-refractivity contribution in [3.05, 3.63) is 93.1 Å². The van der Waals surface area contributed by atoms with Gasteiger partial charge in [0.25, 0.3) is 0 Å². The van der Waals surface area contributed by atoms with Gasteiger partial charge in [0.15, 0.2) is 57.6 Å². The fourth-order valence-electron chi connectivity index (χ4n) is 8.33. The first-order valence-electron chi connectivity index (χ1n) is 21.9. The molecule has 0 atom stereocenters. The van der Waals surface area contributed by atoms with Crippen LogP contribution in [0.15, 0.2) is 70.8 Å². The van der Waals surface area contributed by atoms with E-state index < -0.39 is 18.2 Å². The minimum atomic E-state index is -0.605. The summed E-state index contributed by atoms with van der Waals surface area (Å²) in [5.41, 5.74) is 3.04. The predicted octanol–water partition coefficient (Wildman–Crippen LogP) is 6.64. The first-order chi connectivity index (χ1) is 34.2. The van der Waals surface area contributed by atoms with Crippen LogP contribution in [0.1, 0.15) is 28.7 Å². The summed E-state index contributed by atoms with van der Waals surface area (Å²) in [7, 11) is 17.8. The zero-order valence-electron chi connectivity index (χ0n) is 41.9. The molecule has 0 bridgehead atoms. The molecule has 376 valence electrons. The number of nitrogens with zero attached hydrogens (tertiary/aromatic N) is 2. The van der Waals surface area contributed by atoms with Gasteiger partial charge in [0.2, 0.25) is 34.8 Å². The highest BCUT2D eigenvalue weighted by atomic mass is 16.5. The number of ether oxygens (including phenoxy) is 12. The molecule has 18 heteroatoms. The molecule has 4 aromatic rings. The van der Waals surface area contributed by atoms with E-state index >= 15 is 0 Å². The van der Waals surface area contributed by atoms with E-state index in [0.717, 1.165) is 0 Å². The molecular formula is C53H58N2O16. The van der Waals surface area contributed by atoms with Crippen LogP contribution in [0.3, 0.4) is 0 Å². The van der Waals surface area contributed by atoms with Gasteiger partial charge in [-0.05, 0) is 95.1 Å². The van der Waals surface area contributed by atoms with Gasteiger partial charge < -0.3 is 66.6 Å². The van der Waals surface area contributed by atoms with Gasteiger partial charge in [-0.2, -0.15) is 0 Å². The molecule has 0 unspecified atom stereocenters. The van der Waals surface area contributed by atoms with Gasteiger partial charge in [-0.15, -0.1) is 0 Å². The summed E-state index contributed by atoms with van der Waals surface area (Å²) >= 11 is 0. The molecule has 71 heavy (non-hydrogen) atoms. The van der Waals surface area contributed by atoms with E-state index in [1.165, 1.54) is 95.1 Å². The summed E-state index contributed by atoms with van der Waals surface area (Å²) in [6, 6.07) is 13.4. The molecule has 18 nitrogen and oxygen atoms in total. The predicted molar refractivity (Wildman–Crippen MR) is 264 cm³/mol. The fourth-order valence-corrected chi connectivity index (χ4v) is 8.33. The monoisotopic (exact) mass is 978 g/mol. The van der Waals surface area contributed by atoms with Crippen LogP contribution in [0.2, 0.25) is 0 Å². The van der Waals surface area contributed by atoms with Gasteiger partial charge in [0.05, 0.1) is 85.3 Å². The summed E-state index contributed by atoms with van der Waals surface area (Å²) in [5.74, 6) is 2.40. The minimum Gasteiger partial charge on any atom is -0.493 e. The largest absolute Gasteiger partial charge is 0.493 e. The lowest BCUT2D eigenvalue weighted by atomic mass is 9.93. The molecule has 2 aliphatic heterocycles. The molecule has 2 fully saturated rings. The summed E-state index contributed by atoms with van der Waals surface area (Å²) < 4.78 is 66.6. The number of methoxy groups -OCH3 is 12. The van der Waals surface area contributed by atoms with E-state index in [9.17, 15) is 19.2 Å². The fraction of sp³-hybridized carbons (Fsp3) is 0.321. The molecule has 2 saturated heterocycles. The van der Waals surface area contributed by atoms with Gasteiger partial charge in [-0.3, -0.25) is 19.2 Å². The molecule has 0 aromatic heterocycles. The second-order valence-electron chi connectivity index (χ2n) is 15.8. The Morgan fingerprint density at radius 1 is 0.352 bits per heavy atom. The number of rotatable bonds is 18. The first kappa shape index (κ1) is 52.1.